The van der Waals surface area contributed by atoms with Crippen LogP contribution in [-0.4, -0.2) is 15.0 Å². The maximum atomic E-state index is 6.47. The summed E-state index contributed by atoms with van der Waals surface area (Å²) in [6, 6.07) is 74.2. The normalized spacial score (nSPS) is 11.4. The number of nitrogens with zero attached hydrogens (tertiary/aromatic N) is 3. The van der Waals surface area contributed by atoms with Gasteiger partial charge in [-0.05, 0) is 80.2 Å². The molecule has 11 aromatic rings. The number of furan rings is 1. The minimum absolute atomic E-state index is 0.593. The van der Waals surface area contributed by atoms with Crippen LogP contribution in [0.3, 0.4) is 0 Å². The zero-order chi connectivity index (χ0) is 39.1. The lowest BCUT2D eigenvalue weighted by Gasteiger charge is -2.18. The number of aromatic nitrogens is 3. The highest BCUT2D eigenvalue weighted by Gasteiger charge is 2.20. The molecular weight excluding hydrogens is 719 g/mol. The highest BCUT2D eigenvalue weighted by Crippen LogP contribution is 2.43. The minimum Gasteiger partial charge on any atom is -0.455 e. The smallest absolute Gasteiger partial charge is 0.164 e. The molecule has 0 spiro atoms. The van der Waals surface area contributed by atoms with E-state index < -0.39 is 0 Å². The summed E-state index contributed by atoms with van der Waals surface area (Å²) >= 11 is 0. The molecule has 4 heteroatoms. The Hall–Kier alpha value is -7.95. The molecule has 0 aliphatic carbocycles. The van der Waals surface area contributed by atoms with Gasteiger partial charge in [-0.2, -0.15) is 0 Å². The van der Waals surface area contributed by atoms with Crippen molar-refractivity contribution in [3.63, 3.8) is 0 Å². The highest BCUT2D eigenvalue weighted by atomic mass is 16.3. The van der Waals surface area contributed by atoms with E-state index in [2.05, 4.69) is 170 Å². The monoisotopic (exact) mass is 753 g/mol. The third kappa shape index (κ3) is 6.24. The minimum atomic E-state index is 0.593. The van der Waals surface area contributed by atoms with Crippen LogP contribution >= 0.6 is 0 Å². The van der Waals surface area contributed by atoms with E-state index in [4.69, 9.17) is 19.4 Å². The third-order valence-corrected chi connectivity index (χ3v) is 11.2. The Morgan fingerprint density at radius 2 is 0.746 bits per heavy atom. The van der Waals surface area contributed by atoms with E-state index in [1.54, 1.807) is 0 Å². The van der Waals surface area contributed by atoms with Crippen molar-refractivity contribution in [3.05, 3.63) is 212 Å². The van der Waals surface area contributed by atoms with E-state index in [1.807, 2.05) is 42.5 Å². The molecule has 0 aliphatic rings. The van der Waals surface area contributed by atoms with Crippen LogP contribution in [0.1, 0.15) is 0 Å². The second-order valence-corrected chi connectivity index (χ2v) is 14.7. The molecule has 4 nitrogen and oxygen atoms in total. The molecule has 2 heterocycles. The average molecular weight is 754 g/mol. The van der Waals surface area contributed by atoms with E-state index in [0.29, 0.717) is 17.5 Å². The summed E-state index contributed by atoms with van der Waals surface area (Å²) < 4.78 is 6.47. The predicted molar refractivity (Wildman–Crippen MR) is 243 cm³/mol. The molecule has 0 bridgehead atoms. The van der Waals surface area contributed by atoms with E-state index >= 15 is 0 Å². The Morgan fingerprint density at radius 3 is 1.39 bits per heavy atom. The second kappa shape index (κ2) is 14.5. The van der Waals surface area contributed by atoms with Gasteiger partial charge in [-0.1, -0.05) is 182 Å². The van der Waals surface area contributed by atoms with Crippen molar-refractivity contribution in [1.29, 1.82) is 0 Å². The number of hydrogen-bond acceptors (Lipinski definition) is 4. The first-order valence-electron chi connectivity index (χ1n) is 19.9. The van der Waals surface area contributed by atoms with Gasteiger partial charge in [-0.15, -0.1) is 0 Å². The average Bonchev–Trinajstić information content (AvgIpc) is 3.71. The molecule has 2 aromatic heterocycles. The number of rotatable bonds is 7. The third-order valence-electron chi connectivity index (χ3n) is 11.2. The Balaban J connectivity index is 1.13. The fourth-order valence-electron chi connectivity index (χ4n) is 8.31. The maximum absolute atomic E-state index is 6.47. The molecule has 0 saturated carbocycles. The van der Waals surface area contributed by atoms with Gasteiger partial charge in [0.25, 0.3) is 0 Å². The molecule has 0 radical (unpaired) electrons. The summed E-state index contributed by atoms with van der Waals surface area (Å²) in [4.78, 5) is 15.5. The SMILES string of the molecule is c1ccc(-c2nc(-c3ccc(-c4ccccc4-c4ccccc4)c(-c4ccccc4-c4ccccc4)c3)nc(-c3ccc4oc5c6ccccc6ccc5c4c3)n2)cc1. The van der Waals surface area contributed by atoms with Gasteiger partial charge in [-0.3, -0.25) is 0 Å². The van der Waals surface area contributed by atoms with Gasteiger partial charge in [-0.25, -0.2) is 15.0 Å². The Kier molecular flexibility index (Phi) is 8.45. The predicted octanol–water partition coefficient (Wildman–Crippen LogP) is 14.6. The molecule has 59 heavy (non-hydrogen) atoms. The molecule has 0 unspecified atom stereocenters. The van der Waals surface area contributed by atoms with Gasteiger partial charge in [0.15, 0.2) is 17.5 Å². The summed E-state index contributed by atoms with van der Waals surface area (Å²) in [6.45, 7) is 0. The van der Waals surface area contributed by atoms with Crippen LogP contribution in [0, 0.1) is 0 Å². The fraction of sp³-hybridized carbons (Fsp3) is 0. The molecule has 0 fully saturated rings. The zero-order valence-corrected chi connectivity index (χ0v) is 32.0. The Bertz CT molecular complexity index is 3320. The lowest BCUT2D eigenvalue weighted by molar-refractivity contribution is 0.672. The zero-order valence-electron chi connectivity index (χ0n) is 32.0. The van der Waals surface area contributed by atoms with Crippen LogP contribution in [-0.2, 0) is 0 Å². The van der Waals surface area contributed by atoms with E-state index in [9.17, 15) is 0 Å². The highest BCUT2D eigenvalue weighted by molar-refractivity contribution is 6.15. The van der Waals surface area contributed by atoms with Crippen molar-refractivity contribution in [2.75, 3.05) is 0 Å². The molecule has 276 valence electrons. The largest absolute Gasteiger partial charge is 0.455 e. The summed E-state index contributed by atoms with van der Waals surface area (Å²) in [6.07, 6.45) is 0. The van der Waals surface area contributed by atoms with Crippen molar-refractivity contribution in [1.82, 2.24) is 15.0 Å². The standard InChI is InChI=1S/C55H35N3O/c1-4-16-36(17-5-1)42-23-12-14-26-45(42)47-31-29-40(34-49(47)46-27-15-13-24-43(46)37-18-6-2-7-19-37)54-56-53(39-21-8-3-9-22-39)57-55(58-54)41-30-33-51-50(35-41)48-32-28-38-20-10-11-25-44(38)52(48)59-51/h1-35H. The van der Waals surface area contributed by atoms with Crippen LogP contribution in [0.15, 0.2) is 217 Å². The first kappa shape index (κ1) is 34.3. The molecule has 0 atom stereocenters. The van der Waals surface area contributed by atoms with E-state index in [0.717, 1.165) is 82.8 Å². The van der Waals surface area contributed by atoms with Gasteiger partial charge >= 0.3 is 0 Å². The number of benzene rings is 9. The van der Waals surface area contributed by atoms with Gasteiger partial charge in [0.1, 0.15) is 11.2 Å². The van der Waals surface area contributed by atoms with Gasteiger partial charge in [0.05, 0.1) is 0 Å². The van der Waals surface area contributed by atoms with Crippen molar-refractivity contribution in [2.24, 2.45) is 0 Å². The van der Waals surface area contributed by atoms with E-state index in [-0.39, 0.29) is 0 Å². The Labute approximate surface area is 341 Å². The van der Waals surface area contributed by atoms with Crippen molar-refractivity contribution >= 4 is 32.7 Å². The van der Waals surface area contributed by atoms with Crippen molar-refractivity contribution < 1.29 is 4.42 Å². The van der Waals surface area contributed by atoms with Crippen LogP contribution in [0.4, 0.5) is 0 Å². The first-order chi connectivity index (χ1) is 29.2. The van der Waals surface area contributed by atoms with Crippen molar-refractivity contribution in [2.45, 2.75) is 0 Å². The molecule has 0 N–H and O–H groups in total. The summed E-state index contributed by atoms with van der Waals surface area (Å²) in [5, 5.41) is 4.32. The topological polar surface area (TPSA) is 51.8 Å². The maximum Gasteiger partial charge on any atom is 0.164 e. The fourth-order valence-corrected chi connectivity index (χ4v) is 8.31. The first-order valence-corrected chi connectivity index (χ1v) is 19.9. The van der Waals surface area contributed by atoms with Crippen LogP contribution in [0.5, 0.6) is 0 Å². The number of fused-ring (bicyclic) bond motifs is 5. The molecular formula is C55H35N3O. The molecule has 0 amide bonds. The van der Waals surface area contributed by atoms with Gasteiger partial charge in [0.2, 0.25) is 0 Å². The number of hydrogen-bond donors (Lipinski definition) is 0. The van der Waals surface area contributed by atoms with Gasteiger partial charge < -0.3 is 4.42 Å². The van der Waals surface area contributed by atoms with Gasteiger partial charge in [0, 0.05) is 32.8 Å². The van der Waals surface area contributed by atoms with Crippen LogP contribution in [0.2, 0.25) is 0 Å². The van der Waals surface area contributed by atoms with Crippen LogP contribution in [0.25, 0.3) is 111 Å². The van der Waals surface area contributed by atoms with Crippen LogP contribution < -0.4 is 0 Å². The quantitative estimate of drug-likeness (QED) is 0.163. The molecule has 11 rings (SSSR count). The molecule has 9 aromatic carbocycles. The lowest BCUT2D eigenvalue weighted by atomic mass is 9.85. The summed E-state index contributed by atoms with van der Waals surface area (Å²) in [7, 11) is 0. The second-order valence-electron chi connectivity index (χ2n) is 14.7. The van der Waals surface area contributed by atoms with Crippen molar-refractivity contribution in [3.8, 4) is 78.7 Å². The van der Waals surface area contributed by atoms with E-state index in [1.165, 1.54) is 11.1 Å². The molecule has 0 aliphatic heterocycles. The lowest BCUT2D eigenvalue weighted by Crippen LogP contribution is -2.01. The Morgan fingerprint density at radius 1 is 0.271 bits per heavy atom. The summed E-state index contributed by atoms with van der Waals surface area (Å²) in [5.41, 5.74) is 13.5. The summed E-state index contributed by atoms with van der Waals surface area (Å²) in [5.74, 6) is 1.80. The molecule has 0 saturated heterocycles.